The number of benzene rings is 8. The minimum Gasteiger partial charge on any atom is -0.226 e. The Morgan fingerprint density at radius 2 is 0.898 bits per heavy atom. The van der Waals surface area contributed by atoms with Gasteiger partial charge in [0.25, 0.3) is 0 Å². The van der Waals surface area contributed by atoms with Crippen molar-refractivity contribution in [3.05, 3.63) is 170 Å². The maximum absolute atomic E-state index is 5.45. The minimum atomic E-state index is 0.743. The van der Waals surface area contributed by atoms with Gasteiger partial charge in [-0.25, -0.2) is 9.97 Å². The van der Waals surface area contributed by atoms with Gasteiger partial charge in [0.05, 0.1) is 15.9 Å². The molecular weight excluding hydrogens is 613 g/mol. The number of thiophene rings is 1. The van der Waals surface area contributed by atoms with Crippen molar-refractivity contribution in [3.8, 4) is 44.9 Å². The first-order valence-electron chi connectivity index (χ1n) is 16.6. The van der Waals surface area contributed by atoms with Gasteiger partial charge >= 0.3 is 0 Å². The van der Waals surface area contributed by atoms with Crippen LogP contribution in [0, 0.1) is 0 Å². The van der Waals surface area contributed by atoms with E-state index >= 15 is 0 Å². The molecule has 0 saturated heterocycles. The van der Waals surface area contributed by atoms with E-state index < -0.39 is 0 Å². The van der Waals surface area contributed by atoms with Crippen LogP contribution in [0.2, 0.25) is 0 Å². The second-order valence-electron chi connectivity index (χ2n) is 12.5. The molecule has 0 bridgehead atoms. The highest BCUT2D eigenvalue weighted by atomic mass is 32.1. The van der Waals surface area contributed by atoms with Crippen LogP contribution in [0.4, 0.5) is 0 Å². The molecule has 0 aliphatic heterocycles. The van der Waals surface area contributed by atoms with E-state index in [0.717, 1.165) is 43.8 Å². The predicted octanol–water partition coefficient (Wildman–Crippen LogP) is 13.0. The highest BCUT2D eigenvalue weighted by Crippen LogP contribution is 2.46. The fourth-order valence-electron chi connectivity index (χ4n) is 7.36. The van der Waals surface area contributed by atoms with Crippen molar-refractivity contribution in [2.75, 3.05) is 0 Å². The molecule has 0 aliphatic rings. The van der Waals surface area contributed by atoms with Gasteiger partial charge < -0.3 is 0 Å². The predicted molar refractivity (Wildman–Crippen MR) is 209 cm³/mol. The van der Waals surface area contributed by atoms with Crippen molar-refractivity contribution in [2.45, 2.75) is 0 Å². The Bertz CT molecular complexity index is 2880. The first-order chi connectivity index (χ1) is 24.3. The zero-order chi connectivity index (χ0) is 32.3. The number of fused-ring (bicyclic) bond motifs is 9. The SMILES string of the molecule is c1ccc(-c2cccc(-c3cccc(-c4nc(-c5cccc6ccccc56)nc5c4sc4c6ccccc6c6ccccc6c54)c3)c2)cc1. The van der Waals surface area contributed by atoms with Crippen LogP contribution < -0.4 is 0 Å². The number of aromatic nitrogens is 2. The summed E-state index contributed by atoms with van der Waals surface area (Å²) in [5.74, 6) is 0.743. The molecule has 2 nitrogen and oxygen atoms in total. The average molecular weight is 641 g/mol. The van der Waals surface area contributed by atoms with Crippen molar-refractivity contribution in [3.63, 3.8) is 0 Å². The molecule has 8 aromatic carbocycles. The van der Waals surface area contributed by atoms with E-state index in [1.54, 1.807) is 0 Å². The highest BCUT2D eigenvalue weighted by Gasteiger charge is 2.21. The molecule has 0 aliphatic carbocycles. The largest absolute Gasteiger partial charge is 0.226 e. The van der Waals surface area contributed by atoms with Gasteiger partial charge in [-0.05, 0) is 61.3 Å². The summed E-state index contributed by atoms with van der Waals surface area (Å²) in [5.41, 5.74) is 8.84. The number of hydrogen-bond donors (Lipinski definition) is 0. The lowest BCUT2D eigenvalue weighted by molar-refractivity contribution is 1.25. The Hall–Kier alpha value is -6.16. The van der Waals surface area contributed by atoms with Crippen LogP contribution in [0.5, 0.6) is 0 Å². The summed E-state index contributed by atoms with van der Waals surface area (Å²) in [5, 5.41) is 8.52. The van der Waals surface area contributed by atoms with Crippen LogP contribution in [0.15, 0.2) is 170 Å². The first-order valence-corrected chi connectivity index (χ1v) is 17.4. The van der Waals surface area contributed by atoms with Gasteiger partial charge in [0.15, 0.2) is 5.82 Å². The van der Waals surface area contributed by atoms with Crippen molar-refractivity contribution in [1.82, 2.24) is 9.97 Å². The molecule has 0 N–H and O–H groups in total. The summed E-state index contributed by atoms with van der Waals surface area (Å²) in [4.78, 5) is 10.9. The molecule has 0 fully saturated rings. The molecule has 0 radical (unpaired) electrons. The number of nitrogens with zero attached hydrogens (tertiary/aromatic N) is 2. The van der Waals surface area contributed by atoms with Crippen LogP contribution in [0.25, 0.3) is 97.5 Å². The topological polar surface area (TPSA) is 25.8 Å². The molecule has 0 saturated carbocycles. The molecule has 2 heterocycles. The van der Waals surface area contributed by atoms with Crippen LogP contribution in [-0.4, -0.2) is 9.97 Å². The van der Waals surface area contributed by atoms with Gasteiger partial charge in [-0.1, -0.05) is 158 Å². The quantitative estimate of drug-likeness (QED) is 0.179. The van der Waals surface area contributed by atoms with Crippen molar-refractivity contribution in [1.29, 1.82) is 0 Å². The molecule has 0 spiro atoms. The van der Waals surface area contributed by atoms with Crippen molar-refractivity contribution in [2.24, 2.45) is 0 Å². The standard InChI is InChI=1S/C46H28N2S/c1-2-13-29(14-3-1)31-17-10-18-32(27-31)33-19-11-20-34(28-33)42-45-43(48-46(47-42)40-26-12-16-30-15-4-5-21-35(30)40)41-38-24-8-6-22-36(38)37-23-7-9-25-39(37)44(41)49-45/h1-28H. The Kier molecular flexibility index (Phi) is 6.39. The van der Waals surface area contributed by atoms with Gasteiger partial charge in [0, 0.05) is 26.6 Å². The third-order valence-electron chi connectivity index (χ3n) is 9.66. The maximum atomic E-state index is 5.45. The van der Waals surface area contributed by atoms with Gasteiger partial charge in [0.2, 0.25) is 0 Å². The van der Waals surface area contributed by atoms with Gasteiger partial charge in [-0.2, -0.15) is 0 Å². The van der Waals surface area contributed by atoms with E-state index in [9.17, 15) is 0 Å². The number of hydrogen-bond acceptors (Lipinski definition) is 3. The summed E-state index contributed by atoms with van der Waals surface area (Å²) < 4.78 is 2.36. The zero-order valence-corrected chi connectivity index (χ0v) is 27.3. The lowest BCUT2D eigenvalue weighted by Crippen LogP contribution is -1.95. The van der Waals surface area contributed by atoms with Crippen molar-refractivity contribution < 1.29 is 0 Å². The summed E-state index contributed by atoms with van der Waals surface area (Å²) in [7, 11) is 0. The Morgan fingerprint density at radius 1 is 0.367 bits per heavy atom. The molecule has 228 valence electrons. The lowest BCUT2D eigenvalue weighted by Gasteiger charge is -2.11. The van der Waals surface area contributed by atoms with Gasteiger partial charge in [-0.15, -0.1) is 11.3 Å². The molecule has 3 heteroatoms. The van der Waals surface area contributed by atoms with E-state index in [1.165, 1.54) is 53.7 Å². The van der Waals surface area contributed by atoms with Crippen LogP contribution in [0.1, 0.15) is 0 Å². The number of rotatable bonds is 4. The second kappa shape index (κ2) is 11.2. The van der Waals surface area contributed by atoms with Crippen LogP contribution in [-0.2, 0) is 0 Å². The fourth-order valence-corrected chi connectivity index (χ4v) is 8.67. The summed E-state index contributed by atoms with van der Waals surface area (Å²) >= 11 is 1.81. The Balaban J connectivity index is 1.28. The lowest BCUT2D eigenvalue weighted by atomic mass is 9.96. The van der Waals surface area contributed by atoms with Gasteiger partial charge in [0.1, 0.15) is 0 Å². The smallest absolute Gasteiger partial charge is 0.161 e. The Labute approximate surface area is 287 Å². The maximum Gasteiger partial charge on any atom is 0.161 e. The van der Waals surface area contributed by atoms with Crippen LogP contribution in [0.3, 0.4) is 0 Å². The normalized spacial score (nSPS) is 11.7. The molecule has 0 atom stereocenters. The molecule has 10 rings (SSSR count). The third-order valence-corrected chi connectivity index (χ3v) is 10.9. The Morgan fingerprint density at radius 3 is 1.67 bits per heavy atom. The van der Waals surface area contributed by atoms with E-state index in [1.807, 2.05) is 11.3 Å². The van der Waals surface area contributed by atoms with E-state index in [0.29, 0.717) is 0 Å². The molecular formula is C46H28N2S. The minimum absolute atomic E-state index is 0.743. The summed E-state index contributed by atoms with van der Waals surface area (Å²) in [6.07, 6.45) is 0. The second-order valence-corrected chi connectivity index (χ2v) is 13.5. The van der Waals surface area contributed by atoms with Crippen molar-refractivity contribution >= 4 is 64.0 Å². The zero-order valence-electron chi connectivity index (χ0n) is 26.5. The van der Waals surface area contributed by atoms with Gasteiger partial charge in [-0.3, -0.25) is 0 Å². The molecule has 2 aromatic heterocycles. The molecule has 0 amide bonds. The molecule has 49 heavy (non-hydrogen) atoms. The molecule has 0 unspecified atom stereocenters. The molecule has 10 aromatic rings. The third kappa shape index (κ3) is 4.55. The fraction of sp³-hybridized carbons (Fsp3) is 0. The average Bonchev–Trinajstić information content (AvgIpc) is 3.58. The van der Waals surface area contributed by atoms with E-state index in [2.05, 4.69) is 170 Å². The monoisotopic (exact) mass is 640 g/mol. The summed E-state index contributed by atoms with van der Waals surface area (Å²) in [6.45, 7) is 0. The van der Waals surface area contributed by atoms with E-state index in [4.69, 9.17) is 9.97 Å². The highest BCUT2D eigenvalue weighted by molar-refractivity contribution is 7.27. The summed E-state index contributed by atoms with van der Waals surface area (Å²) in [6, 6.07) is 60.7. The first kappa shape index (κ1) is 27.9. The van der Waals surface area contributed by atoms with Crippen LogP contribution >= 0.6 is 11.3 Å². The van der Waals surface area contributed by atoms with E-state index in [-0.39, 0.29) is 0 Å².